The van der Waals surface area contributed by atoms with Crippen LogP contribution in [0.5, 0.6) is 0 Å². The van der Waals surface area contributed by atoms with E-state index in [2.05, 4.69) is 22.4 Å². The summed E-state index contributed by atoms with van der Waals surface area (Å²) >= 11 is 0. The maximum atomic E-state index is 13.8. The molecule has 1 aliphatic carbocycles. The van der Waals surface area contributed by atoms with E-state index in [9.17, 15) is 27.2 Å². The van der Waals surface area contributed by atoms with Crippen molar-refractivity contribution >= 4 is 17.5 Å². The highest BCUT2D eigenvalue weighted by molar-refractivity contribution is 5.92. The lowest BCUT2D eigenvalue weighted by molar-refractivity contribution is -0.140. The summed E-state index contributed by atoms with van der Waals surface area (Å²) in [6, 6.07) is 14.5. The van der Waals surface area contributed by atoms with Crippen LogP contribution in [-0.4, -0.2) is 26.4 Å². The lowest BCUT2D eigenvalue weighted by Crippen LogP contribution is -2.23. The molecule has 1 fully saturated rings. The molecular formula is C30H27F4N3O3. The summed E-state index contributed by atoms with van der Waals surface area (Å²) in [4.78, 5) is 27.9. The number of aliphatic carboxylic acids is 1. The Hall–Kier alpha value is -4.21. The monoisotopic (exact) mass is 553 g/mol. The molecule has 4 aromatic rings. The summed E-state index contributed by atoms with van der Waals surface area (Å²) in [5, 5.41) is 11.6. The van der Waals surface area contributed by atoms with Gasteiger partial charge in [-0.15, -0.1) is 0 Å². The molecule has 1 amide bonds. The fourth-order valence-electron chi connectivity index (χ4n) is 5.34. The number of carbonyl (C=O) groups excluding carboxylic acids is 1. The second kappa shape index (κ2) is 11.1. The third-order valence-corrected chi connectivity index (χ3v) is 7.50. The number of fused-ring (bicyclic) bond motifs is 1. The minimum absolute atomic E-state index is 0.124. The van der Waals surface area contributed by atoms with E-state index in [-0.39, 0.29) is 30.1 Å². The molecule has 2 aromatic carbocycles. The third kappa shape index (κ3) is 6.16. The number of rotatable bonds is 7. The Kier molecular flexibility index (Phi) is 7.60. The highest BCUT2D eigenvalue weighted by Crippen LogP contribution is 2.37. The van der Waals surface area contributed by atoms with Crippen molar-refractivity contribution in [3.05, 3.63) is 95.2 Å². The summed E-state index contributed by atoms with van der Waals surface area (Å²) in [7, 11) is 0. The molecule has 0 radical (unpaired) electrons. The highest BCUT2D eigenvalue weighted by atomic mass is 19.4. The van der Waals surface area contributed by atoms with E-state index < -0.39 is 29.4 Å². The molecule has 5 rings (SSSR count). The van der Waals surface area contributed by atoms with E-state index in [1.54, 1.807) is 16.7 Å². The van der Waals surface area contributed by atoms with Gasteiger partial charge in [-0.3, -0.25) is 9.59 Å². The molecule has 0 bridgehead atoms. The normalized spacial score (nSPS) is 17.6. The standard InChI is InChI=1S/C30H27F4N3O3/c31-25-13-19(3-11-24(25)30(32,33)34)15-35-29(40)26-17-37-16-23(10-12-27(37)36-26)22-8-6-21(7-9-22)20-4-1-18(2-5-20)14-28(38)39/h3,6-13,16-18,20H,1-2,4-5,14-15H2,(H,35,40)(H,38,39)/t18-,20-. The number of carbonyl (C=O) groups is 2. The number of amides is 1. The summed E-state index contributed by atoms with van der Waals surface area (Å²) in [6.45, 7) is -0.152. The number of nitrogens with one attached hydrogen (secondary N) is 1. The first kappa shape index (κ1) is 27.4. The Morgan fingerprint density at radius 3 is 2.30 bits per heavy atom. The maximum Gasteiger partial charge on any atom is 0.419 e. The zero-order chi connectivity index (χ0) is 28.4. The van der Waals surface area contributed by atoms with Crippen LogP contribution in [-0.2, 0) is 17.5 Å². The predicted octanol–water partition coefficient (Wildman–Crippen LogP) is 6.84. The number of alkyl halides is 3. The second-order valence-electron chi connectivity index (χ2n) is 10.2. The zero-order valence-corrected chi connectivity index (χ0v) is 21.4. The van der Waals surface area contributed by atoms with Crippen molar-refractivity contribution in [2.24, 2.45) is 5.92 Å². The molecule has 0 saturated heterocycles. The first-order chi connectivity index (χ1) is 19.1. The number of carboxylic acids is 1. The molecule has 0 unspecified atom stereocenters. The van der Waals surface area contributed by atoms with Crippen molar-refractivity contribution in [3.8, 4) is 11.1 Å². The van der Waals surface area contributed by atoms with Crippen LogP contribution < -0.4 is 5.32 Å². The predicted molar refractivity (Wildman–Crippen MR) is 140 cm³/mol. The first-order valence-corrected chi connectivity index (χ1v) is 13.0. The van der Waals surface area contributed by atoms with Crippen LogP contribution in [0.1, 0.15) is 65.2 Å². The van der Waals surface area contributed by atoms with E-state index >= 15 is 0 Å². The van der Waals surface area contributed by atoms with E-state index in [0.717, 1.165) is 48.9 Å². The van der Waals surface area contributed by atoms with Gasteiger partial charge >= 0.3 is 12.1 Å². The number of aromatic nitrogens is 2. The number of imidazole rings is 1. The molecule has 208 valence electrons. The van der Waals surface area contributed by atoms with Crippen molar-refractivity contribution in [1.29, 1.82) is 0 Å². The average Bonchev–Trinajstić information content (AvgIpc) is 3.35. The van der Waals surface area contributed by atoms with Crippen LogP contribution in [0.3, 0.4) is 0 Å². The van der Waals surface area contributed by atoms with Gasteiger partial charge in [0.15, 0.2) is 0 Å². The van der Waals surface area contributed by atoms with Crippen LogP contribution in [0.25, 0.3) is 16.8 Å². The molecule has 6 nitrogen and oxygen atoms in total. The van der Waals surface area contributed by atoms with Gasteiger partial charge in [-0.25, -0.2) is 9.37 Å². The molecule has 10 heteroatoms. The molecule has 1 saturated carbocycles. The first-order valence-electron chi connectivity index (χ1n) is 13.0. The van der Waals surface area contributed by atoms with Gasteiger partial charge < -0.3 is 14.8 Å². The van der Waals surface area contributed by atoms with Crippen molar-refractivity contribution in [2.45, 2.75) is 50.7 Å². The van der Waals surface area contributed by atoms with Gasteiger partial charge in [-0.2, -0.15) is 13.2 Å². The number of hydrogen-bond donors (Lipinski definition) is 2. The molecule has 0 spiro atoms. The van der Waals surface area contributed by atoms with Crippen LogP contribution in [0.4, 0.5) is 17.6 Å². The Labute approximate surface area is 227 Å². The number of carboxylic acid groups (broad SMARTS) is 1. The number of nitrogens with zero attached hydrogens (tertiary/aromatic N) is 2. The van der Waals surface area contributed by atoms with Crippen molar-refractivity contribution in [1.82, 2.24) is 14.7 Å². The van der Waals surface area contributed by atoms with Gasteiger partial charge in [0.25, 0.3) is 5.91 Å². The van der Waals surface area contributed by atoms with Crippen LogP contribution >= 0.6 is 0 Å². The van der Waals surface area contributed by atoms with Crippen LogP contribution in [0.15, 0.2) is 67.0 Å². The summed E-state index contributed by atoms with van der Waals surface area (Å²) in [5.74, 6) is -1.97. The zero-order valence-electron chi connectivity index (χ0n) is 21.4. The van der Waals surface area contributed by atoms with E-state index in [4.69, 9.17) is 5.11 Å². The number of halogens is 4. The molecule has 2 N–H and O–H groups in total. The highest BCUT2D eigenvalue weighted by Gasteiger charge is 2.34. The van der Waals surface area contributed by atoms with Gasteiger partial charge in [-0.05, 0) is 84.0 Å². The second-order valence-corrected chi connectivity index (χ2v) is 10.2. The molecule has 1 aliphatic rings. The fourth-order valence-corrected chi connectivity index (χ4v) is 5.34. The maximum absolute atomic E-state index is 13.8. The lowest BCUT2D eigenvalue weighted by Gasteiger charge is -2.28. The van der Waals surface area contributed by atoms with Crippen molar-refractivity contribution < 1.29 is 32.3 Å². The summed E-state index contributed by atoms with van der Waals surface area (Å²) in [6.07, 6.45) is 2.69. The Bertz CT molecular complexity index is 1540. The molecule has 0 aliphatic heterocycles. The third-order valence-electron chi connectivity index (χ3n) is 7.50. The quantitative estimate of drug-likeness (QED) is 0.246. The van der Waals surface area contributed by atoms with Crippen molar-refractivity contribution in [2.75, 3.05) is 0 Å². The Morgan fingerprint density at radius 1 is 0.950 bits per heavy atom. The molecule has 0 atom stereocenters. The minimum Gasteiger partial charge on any atom is -0.481 e. The average molecular weight is 554 g/mol. The Balaban J connectivity index is 1.22. The number of benzene rings is 2. The van der Waals surface area contributed by atoms with E-state index in [1.165, 1.54) is 5.56 Å². The number of pyridine rings is 1. The van der Waals surface area contributed by atoms with Gasteiger partial charge in [0.1, 0.15) is 17.2 Å². The minimum atomic E-state index is -4.78. The molecule has 2 heterocycles. The summed E-state index contributed by atoms with van der Waals surface area (Å²) < 4.78 is 53.8. The van der Waals surface area contributed by atoms with Crippen LogP contribution in [0.2, 0.25) is 0 Å². The lowest BCUT2D eigenvalue weighted by atomic mass is 9.77. The molecule has 2 aromatic heterocycles. The van der Waals surface area contributed by atoms with E-state index in [1.807, 2.05) is 24.4 Å². The number of hydrogen-bond acceptors (Lipinski definition) is 3. The van der Waals surface area contributed by atoms with Gasteiger partial charge in [0.05, 0.1) is 5.56 Å². The smallest absolute Gasteiger partial charge is 0.419 e. The van der Waals surface area contributed by atoms with Crippen molar-refractivity contribution in [3.63, 3.8) is 0 Å². The fraction of sp³-hybridized carbons (Fsp3) is 0.300. The summed E-state index contributed by atoms with van der Waals surface area (Å²) in [5.41, 5.74) is 2.67. The van der Waals surface area contributed by atoms with Gasteiger partial charge in [0.2, 0.25) is 0 Å². The SMILES string of the molecule is O=C(O)C[C@H]1CC[C@H](c2ccc(-c3ccc4nc(C(=O)NCc5ccc(C(F)(F)F)c(F)c5)cn4c3)cc2)CC1. The largest absolute Gasteiger partial charge is 0.481 e. The van der Waals surface area contributed by atoms with E-state index in [0.29, 0.717) is 17.6 Å². The topological polar surface area (TPSA) is 83.7 Å². The molecular weight excluding hydrogens is 526 g/mol. The Morgan fingerprint density at radius 2 is 1.65 bits per heavy atom. The van der Waals surface area contributed by atoms with Crippen LogP contribution in [0, 0.1) is 11.7 Å². The van der Waals surface area contributed by atoms with Gasteiger partial charge in [0, 0.05) is 25.4 Å². The molecule has 40 heavy (non-hydrogen) atoms. The van der Waals surface area contributed by atoms with Gasteiger partial charge in [-0.1, -0.05) is 30.3 Å².